The molecule has 0 N–H and O–H groups in total. The first-order valence-corrected chi connectivity index (χ1v) is 15.6. The number of nitrogens with zero attached hydrogens (tertiary/aromatic N) is 2. The number of hydrogen-bond acceptors (Lipinski definition) is 8. The van der Waals surface area contributed by atoms with Crippen molar-refractivity contribution in [3.63, 3.8) is 0 Å². The van der Waals surface area contributed by atoms with Crippen LogP contribution >= 0.6 is 11.3 Å². The van der Waals surface area contributed by atoms with Crippen molar-refractivity contribution in [2.45, 2.75) is 59.4 Å². The van der Waals surface area contributed by atoms with E-state index < -0.39 is 18.0 Å². The summed E-state index contributed by atoms with van der Waals surface area (Å²) in [5.74, 6) is 0.581. The molecule has 1 aliphatic heterocycles. The number of rotatable bonds is 9. The Kier molecular flexibility index (Phi) is 9.15. The van der Waals surface area contributed by atoms with Gasteiger partial charge in [-0.1, -0.05) is 68.9 Å². The average Bonchev–Trinajstić information content (AvgIpc) is 3.60. The number of thiazole rings is 1. The smallest absolute Gasteiger partial charge is 0.338 e. The zero-order valence-corrected chi connectivity index (χ0v) is 26.6. The highest BCUT2D eigenvalue weighted by molar-refractivity contribution is 7.07. The van der Waals surface area contributed by atoms with E-state index in [1.54, 1.807) is 35.8 Å². The number of aromatic nitrogens is 1. The van der Waals surface area contributed by atoms with Gasteiger partial charge in [0.25, 0.3) is 5.56 Å². The van der Waals surface area contributed by atoms with E-state index in [1.165, 1.54) is 24.0 Å². The Morgan fingerprint density at radius 3 is 2.45 bits per heavy atom. The normalized spacial score (nSPS) is 14.9. The van der Waals surface area contributed by atoms with E-state index in [0.717, 1.165) is 23.1 Å². The van der Waals surface area contributed by atoms with Crippen LogP contribution in [0.3, 0.4) is 0 Å². The van der Waals surface area contributed by atoms with Gasteiger partial charge in [-0.3, -0.25) is 9.36 Å². The van der Waals surface area contributed by atoms with Crippen LogP contribution in [0.2, 0.25) is 0 Å². The molecule has 0 fully saturated rings. The van der Waals surface area contributed by atoms with E-state index >= 15 is 0 Å². The Labute approximate surface area is 260 Å². The summed E-state index contributed by atoms with van der Waals surface area (Å²) in [5, 5.41) is 0. The van der Waals surface area contributed by atoms with Crippen molar-refractivity contribution in [2.75, 3.05) is 13.7 Å². The number of esters is 2. The second-order valence-electron chi connectivity index (χ2n) is 11.0. The third-order valence-corrected chi connectivity index (χ3v) is 8.61. The van der Waals surface area contributed by atoms with Crippen molar-refractivity contribution < 1.29 is 23.5 Å². The number of hydrogen-bond donors (Lipinski definition) is 0. The fraction of sp³-hybridized carbons (Fsp3) is 0.314. The molecule has 3 heterocycles. The first-order chi connectivity index (χ1) is 21.2. The summed E-state index contributed by atoms with van der Waals surface area (Å²) in [7, 11) is 1.35. The molecule has 228 valence electrons. The van der Waals surface area contributed by atoms with Crippen LogP contribution in [0.1, 0.15) is 85.3 Å². The van der Waals surface area contributed by atoms with E-state index in [2.05, 4.69) is 13.8 Å². The molecule has 2 aromatic carbocycles. The number of allylic oxidation sites excluding steroid dienone is 1. The van der Waals surface area contributed by atoms with E-state index in [1.807, 2.05) is 50.2 Å². The maximum Gasteiger partial charge on any atom is 0.338 e. The van der Waals surface area contributed by atoms with E-state index in [9.17, 15) is 14.4 Å². The zero-order valence-electron chi connectivity index (χ0n) is 25.8. The summed E-state index contributed by atoms with van der Waals surface area (Å²) in [6, 6.07) is 16.3. The number of furan rings is 1. The maximum atomic E-state index is 14.1. The lowest BCUT2D eigenvalue weighted by Crippen LogP contribution is -2.40. The van der Waals surface area contributed by atoms with Crippen LogP contribution in [0.4, 0.5) is 0 Å². The fourth-order valence-electron chi connectivity index (χ4n) is 5.39. The maximum absolute atomic E-state index is 14.1. The molecule has 0 aliphatic carbocycles. The molecule has 0 spiro atoms. The molecule has 9 heteroatoms. The highest BCUT2D eigenvalue weighted by Crippen LogP contribution is 2.33. The second-order valence-corrected chi connectivity index (χ2v) is 12.0. The van der Waals surface area contributed by atoms with E-state index in [-0.39, 0.29) is 12.2 Å². The molecular formula is C35H36N2O6S. The Morgan fingerprint density at radius 2 is 1.82 bits per heavy atom. The summed E-state index contributed by atoms with van der Waals surface area (Å²) in [5.41, 5.74) is 4.90. The van der Waals surface area contributed by atoms with Crippen LogP contribution in [0, 0.1) is 6.92 Å². The van der Waals surface area contributed by atoms with Gasteiger partial charge in [0.1, 0.15) is 11.5 Å². The van der Waals surface area contributed by atoms with Crippen LogP contribution < -0.4 is 14.9 Å². The van der Waals surface area contributed by atoms with Crippen molar-refractivity contribution in [2.24, 2.45) is 4.99 Å². The molecule has 5 rings (SSSR count). The van der Waals surface area contributed by atoms with Crippen LogP contribution in [0.5, 0.6) is 0 Å². The number of ether oxygens (including phenoxy) is 2. The van der Waals surface area contributed by atoms with Gasteiger partial charge in [-0.25, -0.2) is 14.6 Å². The number of carbonyl (C=O) groups is 2. The van der Waals surface area contributed by atoms with E-state index in [0.29, 0.717) is 50.0 Å². The highest BCUT2D eigenvalue weighted by atomic mass is 32.1. The molecule has 44 heavy (non-hydrogen) atoms. The summed E-state index contributed by atoms with van der Waals surface area (Å²) in [4.78, 5) is 44.7. The first-order valence-electron chi connectivity index (χ1n) is 14.8. The SMILES string of the molecule is CCCC1=C(C(=O)OCC)[C@@H](c2ccc(C(C)C)cc2)n2c(s/c(=C/c3ccc(-c4ccc(C(=O)OC)cc4C)o3)c2=O)=N1. The molecule has 1 atom stereocenters. The summed E-state index contributed by atoms with van der Waals surface area (Å²) >= 11 is 1.27. The van der Waals surface area contributed by atoms with Crippen molar-refractivity contribution in [3.8, 4) is 11.3 Å². The zero-order chi connectivity index (χ0) is 31.5. The molecule has 0 saturated carbocycles. The Balaban J connectivity index is 1.62. The predicted octanol–water partition coefficient (Wildman–Crippen LogP) is 6.06. The van der Waals surface area contributed by atoms with Crippen LogP contribution in [-0.2, 0) is 14.3 Å². The van der Waals surface area contributed by atoms with Gasteiger partial charge in [0.15, 0.2) is 4.80 Å². The molecule has 2 aromatic heterocycles. The van der Waals surface area contributed by atoms with Crippen LogP contribution in [-0.4, -0.2) is 30.2 Å². The molecule has 8 nitrogen and oxygen atoms in total. The number of aryl methyl sites for hydroxylation is 1. The number of fused-ring (bicyclic) bond motifs is 1. The largest absolute Gasteiger partial charge is 0.465 e. The number of carbonyl (C=O) groups excluding carboxylic acids is 2. The third kappa shape index (κ3) is 5.97. The minimum Gasteiger partial charge on any atom is -0.465 e. The predicted molar refractivity (Wildman–Crippen MR) is 170 cm³/mol. The highest BCUT2D eigenvalue weighted by Gasteiger charge is 2.34. The molecule has 0 saturated heterocycles. The average molecular weight is 613 g/mol. The van der Waals surface area contributed by atoms with Gasteiger partial charge in [0.05, 0.1) is 41.1 Å². The molecule has 1 aliphatic rings. The standard InChI is InChI=1S/C35H36N2O6S/c1-7-9-27-30(34(40)42-8-2)31(23-12-10-22(11-13-23)20(3)4)37-32(38)29(44-35(37)36-27)19-25-15-17-28(43-25)26-16-14-24(18-21(26)5)33(39)41-6/h10-20,31H,7-9H2,1-6H3/b29-19+/t31-/m1/s1. The summed E-state index contributed by atoms with van der Waals surface area (Å²) < 4.78 is 18.5. The molecule has 0 radical (unpaired) electrons. The van der Waals surface area contributed by atoms with Gasteiger partial charge in [-0.2, -0.15) is 0 Å². The monoisotopic (exact) mass is 612 g/mol. The quantitative estimate of drug-likeness (QED) is 0.213. The lowest BCUT2D eigenvalue weighted by molar-refractivity contribution is -0.139. The molecule has 0 bridgehead atoms. The van der Waals surface area contributed by atoms with Gasteiger partial charge in [-0.05, 0) is 67.1 Å². The number of methoxy groups -OCH3 is 1. The molecule has 0 unspecified atom stereocenters. The minimum atomic E-state index is -0.668. The number of benzene rings is 2. The van der Waals surface area contributed by atoms with Crippen LogP contribution in [0.15, 0.2) is 80.1 Å². The Morgan fingerprint density at radius 1 is 1.07 bits per heavy atom. The Bertz CT molecular complexity index is 1920. The lowest BCUT2D eigenvalue weighted by Gasteiger charge is -2.26. The molecular weight excluding hydrogens is 576 g/mol. The first kappa shape index (κ1) is 30.9. The van der Waals surface area contributed by atoms with Gasteiger partial charge >= 0.3 is 11.9 Å². The lowest BCUT2D eigenvalue weighted by atomic mass is 9.92. The second kappa shape index (κ2) is 13.0. The fourth-order valence-corrected chi connectivity index (χ4v) is 6.39. The van der Waals surface area contributed by atoms with Gasteiger partial charge in [0, 0.05) is 11.6 Å². The molecule has 0 amide bonds. The van der Waals surface area contributed by atoms with Crippen LogP contribution in [0.25, 0.3) is 17.4 Å². The topological polar surface area (TPSA) is 100 Å². The summed E-state index contributed by atoms with van der Waals surface area (Å²) in [6.07, 6.45) is 3.07. The third-order valence-electron chi connectivity index (χ3n) is 7.62. The van der Waals surface area contributed by atoms with Crippen molar-refractivity contribution in [1.82, 2.24) is 4.57 Å². The van der Waals surface area contributed by atoms with Crippen molar-refractivity contribution >= 4 is 29.4 Å². The summed E-state index contributed by atoms with van der Waals surface area (Å²) in [6.45, 7) is 10.2. The van der Waals surface area contributed by atoms with Crippen molar-refractivity contribution in [1.29, 1.82) is 0 Å². The van der Waals surface area contributed by atoms with Gasteiger partial charge in [-0.15, -0.1) is 0 Å². The van der Waals surface area contributed by atoms with Gasteiger partial charge < -0.3 is 13.9 Å². The molecule has 4 aromatic rings. The Hall–Kier alpha value is -4.50. The van der Waals surface area contributed by atoms with Gasteiger partial charge in [0.2, 0.25) is 0 Å². The van der Waals surface area contributed by atoms with Crippen molar-refractivity contribution in [3.05, 3.63) is 114 Å². The van der Waals surface area contributed by atoms with E-state index in [4.69, 9.17) is 18.9 Å². The minimum absolute atomic E-state index is 0.219.